The van der Waals surface area contributed by atoms with Crippen molar-refractivity contribution in [2.24, 2.45) is 0 Å². The molecule has 1 rings (SSSR count). The van der Waals surface area contributed by atoms with Crippen LogP contribution in [0.3, 0.4) is 0 Å². The van der Waals surface area contributed by atoms with Gasteiger partial charge in [0.1, 0.15) is 0 Å². The lowest BCUT2D eigenvalue weighted by atomic mass is 10.3. The molecule has 0 spiro atoms. The lowest BCUT2D eigenvalue weighted by Gasteiger charge is -1.82. The maximum absolute atomic E-state index is 8.26. The van der Waals surface area contributed by atoms with Crippen LogP contribution in [-0.4, -0.2) is 4.98 Å². The summed E-state index contributed by atoms with van der Waals surface area (Å²) in [6, 6.07) is 5.96. The standard InChI is InChI=1S/C7H8N2/c1-6-2-3-7(9-6)4-5-8/h2-3,9H,4H2,1H3. The van der Waals surface area contributed by atoms with Crippen LogP contribution in [0.15, 0.2) is 12.1 Å². The van der Waals surface area contributed by atoms with Crippen LogP contribution in [0.2, 0.25) is 0 Å². The number of aromatic amines is 1. The number of hydrogen-bond donors (Lipinski definition) is 1. The van der Waals surface area contributed by atoms with Crippen LogP contribution in [0, 0.1) is 18.3 Å². The Morgan fingerprint density at radius 2 is 2.44 bits per heavy atom. The van der Waals surface area contributed by atoms with E-state index in [2.05, 4.69) is 11.1 Å². The van der Waals surface area contributed by atoms with Gasteiger partial charge in [-0.05, 0) is 19.1 Å². The maximum Gasteiger partial charge on any atom is 0.0752 e. The highest BCUT2D eigenvalue weighted by Crippen LogP contribution is 1.99. The van der Waals surface area contributed by atoms with Gasteiger partial charge in [0.25, 0.3) is 0 Å². The number of nitrogens with zero attached hydrogens (tertiary/aromatic N) is 1. The van der Waals surface area contributed by atoms with Crippen LogP contribution in [0.1, 0.15) is 11.4 Å². The number of nitrogens with one attached hydrogen (secondary N) is 1. The van der Waals surface area contributed by atoms with E-state index in [-0.39, 0.29) is 0 Å². The molecule has 0 saturated heterocycles. The van der Waals surface area contributed by atoms with Crippen molar-refractivity contribution in [3.63, 3.8) is 0 Å². The third kappa shape index (κ3) is 1.33. The first-order valence-electron chi connectivity index (χ1n) is 2.84. The maximum atomic E-state index is 8.26. The molecular weight excluding hydrogens is 112 g/mol. The average molecular weight is 120 g/mol. The van der Waals surface area contributed by atoms with E-state index in [1.165, 1.54) is 0 Å². The van der Waals surface area contributed by atoms with E-state index in [1.807, 2.05) is 19.1 Å². The molecular formula is C7H8N2. The van der Waals surface area contributed by atoms with Gasteiger partial charge in [0.15, 0.2) is 0 Å². The summed E-state index contributed by atoms with van der Waals surface area (Å²) < 4.78 is 0. The lowest BCUT2D eigenvalue weighted by molar-refractivity contribution is 1.12. The van der Waals surface area contributed by atoms with Crippen LogP contribution in [0.4, 0.5) is 0 Å². The number of rotatable bonds is 1. The molecule has 0 bridgehead atoms. The van der Waals surface area contributed by atoms with Crippen molar-refractivity contribution < 1.29 is 0 Å². The van der Waals surface area contributed by atoms with E-state index in [1.54, 1.807) is 0 Å². The van der Waals surface area contributed by atoms with Crippen molar-refractivity contribution in [2.75, 3.05) is 0 Å². The van der Waals surface area contributed by atoms with Gasteiger partial charge in [0.05, 0.1) is 12.5 Å². The molecule has 46 valence electrons. The summed E-state index contributed by atoms with van der Waals surface area (Å²) >= 11 is 0. The topological polar surface area (TPSA) is 39.6 Å². The molecule has 0 saturated carbocycles. The Bertz CT molecular complexity index is 229. The first-order valence-corrected chi connectivity index (χ1v) is 2.84. The largest absolute Gasteiger partial charge is 0.362 e. The zero-order valence-corrected chi connectivity index (χ0v) is 5.31. The molecule has 0 fully saturated rings. The van der Waals surface area contributed by atoms with E-state index in [0.29, 0.717) is 6.42 Å². The number of nitriles is 1. The summed E-state index contributed by atoms with van der Waals surface area (Å²) in [5.74, 6) is 0. The van der Waals surface area contributed by atoms with E-state index in [9.17, 15) is 0 Å². The summed E-state index contributed by atoms with van der Waals surface area (Å²) in [4.78, 5) is 3.05. The van der Waals surface area contributed by atoms with Gasteiger partial charge in [0.2, 0.25) is 0 Å². The van der Waals surface area contributed by atoms with E-state index in [4.69, 9.17) is 5.26 Å². The van der Waals surface area contributed by atoms with Crippen molar-refractivity contribution in [3.05, 3.63) is 23.5 Å². The van der Waals surface area contributed by atoms with Gasteiger partial charge in [-0.2, -0.15) is 5.26 Å². The highest BCUT2D eigenvalue weighted by atomic mass is 14.7. The predicted molar refractivity (Wildman–Crippen MR) is 34.8 cm³/mol. The Kier molecular flexibility index (Phi) is 1.55. The molecule has 0 aliphatic carbocycles. The summed E-state index contributed by atoms with van der Waals surface area (Å²) in [6.45, 7) is 1.97. The van der Waals surface area contributed by atoms with Crippen LogP contribution in [0.25, 0.3) is 0 Å². The minimum absolute atomic E-state index is 0.480. The van der Waals surface area contributed by atoms with Crippen molar-refractivity contribution in [1.29, 1.82) is 5.26 Å². The number of H-pyrrole nitrogens is 1. The highest BCUT2D eigenvalue weighted by molar-refractivity contribution is 5.14. The minimum atomic E-state index is 0.480. The SMILES string of the molecule is Cc1ccc(CC#N)[nH]1. The second kappa shape index (κ2) is 2.36. The summed E-state index contributed by atoms with van der Waals surface area (Å²) in [5, 5.41) is 8.26. The fourth-order valence-electron chi connectivity index (χ4n) is 0.750. The van der Waals surface area contributed by atoms with Crippen molar-refractivity contribution in [3.8, 4) is 6.07 Å². The van der Waals surface area contributed by atoms with Crippen LogP contribution < -0.4 is 0 Å². The molecule has 0 aromatic carbocycles. The molecule has 1 heterocycles. The highest BCUT2D eigenvalue weighted by Gasteiger charge is 1.90. The third-order valence-electron chi connectivity index (χ3n) is 1.16. The Balaban J connectivity index is 2.76. The van der Waals surface area contributed by atoms with Gasteiger partial charge in [0, 0.05) is 11.4 Å². The second-order valence-electron chi connectivity index (χ2n) is 2.00. The van der Waals surface area contributed by atoms with Crippen LogP contribution in [-0.2, 0) is 6.42 Å². The monoisotopic (exact) mass is 120 g/mol. The molecule has 0 radical (unpaired) electrons. The molecule has 1 N–H and O–H groups in total. The molecule has 1 aromatic rings. The van der Waals surface area contributed by atoms with E-state index < -0.39 is 0 Å². The van der Waals surface area contributed by atoms with Gasteiger partial charge in [-0.15, -0.1) is 0 Å². The Labute approximate surface area is 54.1 Å². The fraction of sp³-hybridized carbons (Fsp3) is 0.286. The van der Waals surface area contributed by atoms with Gasteiger partial charge in [-0.1, -0.05) is 0 Å². The quantitative estimate of drug-likeness (QED) is 0.597. The van der Waals surface area contributed by atoms with Crippen molar-refractivity contribution in [1.82, 2.24) is 4.98 Å². The molecule has 0 aliphatic rings. The van der Waals surface area contributed by atoms with Crippen LogP contribution in [0.5, 0.6) is 0 Å². The summed E-state index contributed by atoms with van der Waals surface area (Å²) in [7, 11) is 0. The summed E-state index contributed by atoms with van der Waals surface area (Å²) in [5.41, 5.74) is 2.11. The van der Waals surface area contributed by atoms with Crippen molar-refractivity contribution in [2.45, 2.75) is 13.3 Å². The Morgan fingerprint density at radius 3 is 2.89 bits per heavy atom. The van der Waals surface area contributed by atoms with Gasteiger partial charge < -0.3 is 4.98 Å². The van der Waals surface area contributed by atoms with E-state index in [0.717, 1.165) is 11.4 Å². The lowest BCUT2D eigenvalue weighted by Crippen LogP contribution is -1.79. The van der Waals surface area contributed by atoms with Crippen LogP contribution >= 0.6 is 0 Å². The van der Waals surface area contributed by atoms with Gasteiger partial charge >= 0.3 is 0 Å². The predicted octanol–water partition coefficient (Wildman–Crippen LogP) is 1.39. The van der Waals surface area contributed by atoms with Gasteiger partial charge in [-0.25, -0.2) is 0 Å². The summed E-state index contributed by atoms with van der Waals surface area (Å²) in [6.07, 6.45) is 0.480. The molecule has 0 unspecified atom stereocenters. The Hall–Kier alpha value is -1.23. The first-order chi connectivity index (χ1) is 4.33. The minimum Gasteiger partial charge on any atom is -0.362 e. The first kappa shape index (κ1) is 5.90. The van der Waals surface area contributed by atoms with Crippen molar-refractivity contribution >= 4 is 0 Å². The zero-order valence-electron chi connectivity index (χ0n) is 5.31. The second-order valence-corrected chi connectivity index (χ2v) is 2.00. The number of aromatic nitrogens is 1. The normalized spacial score (nSPS) is 8.89. The zero-order chi connectivity index (χ0) is 6.69. The molecule has 0 amide bonds. The average Bonchev–Trinajstić information content (AvgIpc) is 2.17. The number of aryl methyl sites for hydroxylation is 1. The molecule has 9 heavy (non-hydrogen) atoms. The molecule has 2 nitrogen and oxygen atoms in total. The molecule has 1 aromatic heterocycles. The van der Waals surface area contributed by atoms with Gasteiger partial charge in [-0.3, -0.25) is 0 Å². The molecule has 0 atom stereocenters. The van der Waals surface area contributed by atoms with E-state index >= 15 is 0 Å². The Morgan fingerprint density at radius 1 is 1.67 bits per heavy atom. The number of hydrogen-bond acceptors (Lipinski definition) is 1. The third-order valence-corrected chi connectivity index (χ3v) is 1.16. The smallest absolute Gasteiger partial charge is 0.0752 e. The molecule has 2 heteroatoms. The fourth-order valence-corrected chi connectivity index (χ4v) is 0.750. The molecule has 0 aliphatic heterocycles.